The summed E-state index contributed by atoms with van der Waals surface area (Å²) in [6.07, 6.45) is 0.269. The van der Waals surface area contributed by atoms with Crippen LogP contribution >= 0.6 is 11.3 Å². The zero-order valence-corrected chi connectivity index (χ0v) is 16.2. The van der Waals surface area contributed by atoms with E-state index in [9.17, 15) is 9.59 Å². The van der Waals surface area contributed by atoms with Crippen molar-refractivity contribution in [1.82, 2.24) is 10.1 Å². The van der Waals surface area contributed by atoms with Crippen LogP contribution in [0.25, 0.3) is 11.4 Å². The zero-order valence-electron chi connectivity index (χ0n) is 15.3. The molecule has 0 bridgehead atoms. The van der Waals surface area contributed by atoms with E-state index in [0.29, 0.717) is 28.8 Å². The van der Waals surface area contributed by atoms with E-state index >= 15 is 0 Å². The van der Waals surface area contributed by atoms with Crippen LogP contribution in [0.5, 0.6) is 11.5 Å². The van der Waals surface area contributed by atoms with Crippen molar-refractivity contribution in [1.29, 1.82) is 0 Å². The van der Waals surface area contributed by atoms with Crippen molar-refractivity contribution in [3.8, 4) is 22.9 Å². The fraction of sp³-hybridized carbons (Fsp3) is 0.263. The number of hydrogen-bond acceptors (Lipinski definition) is 9. The van der Waals surface area contributed by atoms with Crippen molar-refractivity contribution >= 4 is 23.1 Å². The second kappa shape index (κ2) is 9.14. The summed E-state index contributed by atoms with van der Waals surface area (Å²) in [4.78, 5) is 28.3. The number of ketones is 1. The van der Waals surface area contributed by atoms with E-state index in [0.717, 1.165) is 5.56 Å². The first-order valence-corrected chi connectivity index (χ1v) is 9.31. The number of ether oxygens (including phenoxy) is 3. The van der Waals surface area contributed by atoms with Gasteiger partial charge >= 0.3 is 5.97 Å². The van der Waals surface area contributed by atoms with Crippen LogP contribution in [0.1, 0.15) is 22.7 Å². The zero-order chi connectivity index (χ0) is 19.9. The normalized spacial score (nSPS) is 10.5. The molecule has 3 aromatic rings. The average molecular weight is 402 g/mol. The van der Waals surface area contributed by atoms with E-state index in [-0.39, 0.29) is 25.2 Å². The largest absolute Gasteiger partial charge is 0.493 e. The van der Waals surface area contributed by atoms with E-state index in [4.69, 9.17) is 18.7 Å². The molecular formula is C19H18N2O6S. The highest BCUT2D eigenvalue weighted by molar-refractivity contribution is 7.08. The molecule has 0 spiro atoms. The first kappa shape index (κ1) is 19.6. The minimum absolute atomic E-state index is 0.0322. The van der Waals surface area contributed by atoms with Crippen LogP contribution in [0.3, 0.4) is 0 Å². The molecule has 0 aliphatic carbocycles. The van der Waals surface area contributed by atoms with Gasteiger partial charge in [0.25, 0.3) is 0 Å². The molecule has 8 nitrogen and oxygen atoms in total. The number of esters is 1. The molecule has 0 saturated heterocycles. The first-order chi connectivity index (χ1) is 13.6. The maximum atomic E-state index is 12.2. The van der Waals surface area contributed by atoms with Crippen molar-refractivity contribution in [2.45, 2.75) is 12.8 Å². The molecule has 0 unspecified atom stereocenters. The van der Waals surface area contributed by atoms with Crippen molar-refractivity contribution in [2.24, 2.45) is 0 Å². The maximum absolute atomic E-state index is 12.2. The number of thiophene rings is 1. The lowest BCUT2D eigenvalue weighted by molar-refractivity contribution is -0.142. The predicted molar refractivity (Wildman–Crippen MR) is 101 cm³/mol. The molecule has 9 heteroatoms. The number of benzene rings is 1. The molecule has 0 amide bonds. The maximum Gasteiger partial charge on any atom is 0.306 e. The topological polar surface area (TPSA) is 101 Å². The highest BCUT2D eigenvalue weighted by Crippen LogP contribution is 2.27. The van der Waals surface area contributed by atoms with Crippen LogP contribution < -0.4 is 9.47 Å². The third-order valence-electron chi connectivity index (χ3n) is 3.86. The molecule has 0 radical (unpaired) electrons. The predicted octanol–water partition coefficient (Wildman–Crippen LogP) is 3.17. The van der Waals surface area contributed by atoms with Gasteiger partial charge in [-0.15, -0.1) is 0 Å². The third-order valence-corrected chi connectivity index (χ3v) is 4.54. The Morgan fingerprint density at radius 1 is 1.14 bits per heavy atom. The number of aryl methyl sites for hydroxylation is 1. The number of aromatic nitrogens is 2. The van der Waals surface area contributed by atoms with Crippen molar-refractivity contribution < 1.29 is 28.3 Å². The Balaban J connectivity index is 1.48. The Bertz CT molecular complexity index is 951. The summed E-state index contributed by atoms with van der Waals surface area (Å²) >= 11 is 1.53. The Kier molecular flexibility index (Phi) is 6.38. The quantitative estimate of drug-likeness (QED) is 0.397. The first-order valence-electron chi connectivity index (χ1n) is 8.36. The summed E-state index contributed by atoms with van der Waals surface area (Å²) < 4.78 is 20.5. The van der Waals surface area contributed by atoms with Gasteiger partial charge in [0.15, 0.2) is 23.9 Å². The smallest absolute Gasteiger partial charge is 0.306 e. The highest BCUT2D eigenvalue weighted by atomic mass is 32.1. The van der Waals surface area contributed by atoms with Crippen LogP contribution in [0.2, 0.25) is 0 Å². The van der Waals surface area contributed by atoms with E-state index in [1.54, 1.807) is 18.2 Å². The average Bonchev–Trinajstić information content (AvgIpc) is 3.41. The van der Waals surface area contributed by atoms with Gasteiger partial charge in [0.2, 0.25) is 11.7 Å². The summed E-state index contributed by atoms with van der Waals surface area (Å²) in [5.41, 5.74) is 1.23. The molecule has 146 valence electrons. The number of carbonyl (C=O) groups is 2. The van der Waals surface area contributed by atoms with Gasteiger partial charge in [-0.2, -0.15) is 16.3 Å². The summed E-state index contributed by atoms with van der Waals surface area (Å²) in [6.45, 7) is -0.363. The number of methoxy groups -OCH3 is 2. The molecule has 0 atom stereocenters. The molecule has 28 heavy (non-hydrogen) atoms. The van der Waals surface area contributed by atoms with Gasteiger partial charge < -0.3 is 18.7 Å². The Hall–Kier alpha value is -3.20. The van der Waals surface area contributed by atoms with Crippen LogP contribution in [0.15, 0.2) is 39.5 Å². The number of Topliss-reactive ketones (excluding diaryl/α,β-unsaturated/α-hetero) is 1. The SMILES string of the molecule is COc1ccc(C(=O)COC(=O)CCc2nc(-c3ccsc3)no2)cc1OC. The van der Waals surface area contributed by atoms with Gasteiger partial charge in [0.1, 0.15) is 0 Å². The minimum Gasteiger partial charge on any atom is -0.493 e. The molecule has 2 aromatic heterocycles. The summed E-state index contributed by atoms with van der Waals surface area (Å²) in [6, 6.07) is 6.63. The molecule has 0 N–H and O–H groups in total. The summed E-state index contributed by atoms with van der Waals surface area (Å²) in [5, 5.41) is 7.69. The lowest BCUT2D eigenvalue weighted by Crippen LogP contribution is -2.14. The van der Waals surface area contributed by atoms with E-state index in [2.05, 4.69) is 10.1 Å². The van der Waals surface area contributed by atoms with Crippen LogP contribution in [-0.4, -0.2) is 42.7 Å². The molecule has 2 heterocycles. The lowest BCUT2D eigenvalue weighted by atomic mass is 10.1. The fourth-order valence-electron chi connectivity index (χ4n) is 2.39. The lowest BCUT2D eigenvalue weighted by Gasteiger charge is -2.09. The fourth-order valence-corrected chi connectivity index (χ4v) is 3.02. The Labute approximate surface area is 165 Å². The summed E-state index contributed by atoms with van der Waals surface area (Å²) in [7, 11) is 2.99. The van der Waals surface area contributed by atoms with Crippen LogP contribution in [0.4, 0.5) is 0 Å². The number of hydrogen-bond donors (Lipinski definition) is 0. The van der Waals surface area contributed by atoms with Crippen molar-refractivity contribution in [2.75, 3.05) is 20.8 Å². The monoisotopic (exact) mass is 402 g/mol. The molecule has 0 aliphatic rings. The number of rotatable bonds is 9. The van der Waals surface area contributed by atoms with Crippen molar-refractivity contribution in [3.63, 3.8) is 0 Å². The standard InChI is InChI=1S/C19H18N2O6S/c1-24-15-4-3-12(9-16(15)25-2)14(22)10-26-18(23)6-5-17-20-19(21-27-17)13-7-8-28-11-13/h3-4,7-9,11H,5-6,10H2,1-2H3. The van der Waals surface area contributed by atoms with E-state index in [1.807, 2.05) is 16.8 Å². The van der Waals surface area contributed by atoms with Gasteiger partial charge in [-0.05, 0) is 29.6 Å². The number of nitrogens with zero attached hydrogens (tertiary/aromatic N) is 2. The van der Waals surface area contributed by atoms with Gasteiger partial charge in [-0.3, -0.25) is 9.59 Å². The molecular weight excluding hydrogens is 384 g/mol. The second-order valence-electron chi connectivity index (χ2n) is 5.68. The van der Waals surface area contributed by atoms with Crippen LogP contribution in [-0.2, 0) is 16.0 Å². The van der Waals surface area contributed by atoms with E-state index in [1.165, 1.54) is 25.6 Å². The third kappa shape index (κ3) is 4.74. The van der Waals surface area contributed by atoms with Gasteiger partial charge in [0, 0.05) is 22.9 Å². The van der Waals surface area contributed by atoms with E-state index < -0.39 is 5.97 Å². The second-order valence-corrected chi connectivity index (χ2v) is 6.46. The van der Waals surface area contributed by atoms with Gasteiger partial charge in [-0.25, -0.2) is 0 Å². The molecule has 0 fully saturated rings. The minimum atomic E-state index is -0.524. The molecule has 1 aromatic carbocycles. The molecule has 3 rings (SSSR count). The molecule has 0 saturated carbocycles. The molecule has 0 aliphatic heterocycles. The Morgan fingerprint density at radius 2 is 1.96 bits per heavy atom. The van der Waals surface area contributed by atoms with Gasteiger partial charge in [0.05, 0.1) is 20.6 Å². The number of carbonyl (C=O) groups excluding carboxylic acids is 2. The summed E-state index contributed by atoms with van der Waals surface area (Å²) in [5.74, 6) is 0.892. The van der Waals surface area contributed by atoms with Gasteiger partial charge in [-0.1, -0.05) is 5.16 Å². The highest BCUT2D eigenvalue weighted by Gasteiger charge is 2.15. The van der Waals surface area contributed by atoms with Crippen molar-refractivity contribution in [3.05, 3.63) is 46.5 Å². The van der Waals surface area contributed by atoms with Crippen LogP contribution in [0, 0.1) is 0 Å². The Morgan fingerprint density at radius 3 is 2.68 bits per heavy atom.